The Hall–Kier alpha value is -1.84. The Kier molecular flexibility index (Phi) is 5.36. The molecular weight excluding hydrogens is 233 g/mol. The summed E-state index contributed by atoms with van der Waals surface area (Å²) < 4.78 is 18.0. The molecule has 0 aliphatic heterocycles. The molecule has 0 saturated carbocycles. The minimum Gasteiger partial charge on any atom is -0.492 e. The highest BCUT2D eigenvalue weighted by Gasteiger charge is 2.04. The molecule has 1 aromatic rings. The maximum Gasteiger partial charge on any atom is 0.186 e. The molecule has 0 fully saturated rings. The fourth-order valence-electron chi connectivity index (χ4n) is 1.60. The molecule has 0 spiro atoms. The quantitative estimate of drug-likeness (QED) is 0.442. The standard InChI is InChI=1S/C14H18FNO2/c1-4-16(9-13(10-17)18-3)8-12-5-6-14(15)11(2)7-12/h5-7,9-10H,4,8H2,1-3H3/b13-9+. The number of allylic oxidation sites excluding steroid dienone is 1. The Labute approximate surface area is 107 Å². The molecule has 0 amide bonds. The van der Waals surface area contributed by atoms with Crippen LogP contribution in [0, 0.1) is 12.7 Å². The molecule has 0 saturated heterocycles. The normalized spacial score (nSPS) is 11.2. The second-order valence-electron chi connectivity index (χ2n) is 4.00. The third-order valence-electron chi connectivity index (χ3n) is 2.68. The molecule has 18 heavy (non-hydrogen) atoms. The van der Waals surface area contributed by atoms with E-state index in [1.54, 1.807) is 25.3 Å². The number of hydrogen-bond acceptors (Lipinski definition) is 3. The van der Waals surface area contributed by atoms with Gasteiger partial charge in [-0.05, 0) is 31.0 Å². The molecule has 0 radical (unpaired) electrons. The van der Waals surface area contributed by atoms with Crippen LogP contribution in [-0.4, -0.2) is 24.8 Å². The number of benzene rings is 1. The molecule has 4 heteroatoms. The van der Waals surface area contributed by atoms with Crippen LogP contribution in [0.3, 0.4) is 0 Å². The zero-order valence-corrected chi connectivity index (χ0v) is 10.9. The second kappa shape index (κ2) is 6.79. The van der Waals surface area contributed by atoms with E-state index >= 15 is 0 Å². The average molecular weight is 251 g/mol. The first-order chi connectivity index (χ1) is 8.60. The Morgan fingerprint density at radius 1 is 1.50 bits per heavy atom. The molecule has 0 atom stereocenters. The lowest BCUT2D eigenvalue weighted by Crippen LogP contribution is -2.17. The van der Waals surface area contributed by atoms with E-state index in [1.807, 2.05) is 11.8 Å². The summed E-state index contributed by atoms with van der Waals surface area (Å²) in [5, 5.41) is 0. The van der Waals surface area contributed by atoms with Crippen molar-refractivity contribution in [2.24, 2.45) is 0 Å². The van der Waals surface area contributed by atoms with Crippen molar-refractivity contribution in [1.82, 2.24) is 4.90 Å². The van der Waals surface area contributed by atoms with E-state index in [-0.39, 0.29) is 11.6 Å². The summed E-state index contributed by atoms with van der Waals surface area (Å²) in [4.78, 5) is 12.6. The van der Waals surface area contributed by atoms with Crippen molar-refractivity contribution in [3.05, 3.63) is 47.1 Å². The predicted octanol–water partition coefficient (Wildman–Crippen LogP) is 2.64. The Morgan fingerprint density at radius 2 is 2.22 bits per heavy atom. The summed E-state index contributed by atoms with van der Waals surface area (Å²) in [7, 11) is 1.45. The first kappa shape index (κ1) is 14.2. The second-order valence-corrected chi connectivity index (χ2v) is 4.00. The molecule has 1 rings (SSSR count). The van der Waals surface area contributed by atoms with E-state index in [0.29, 0.717) is 18.4 Å². The van der Waals surface area contributed by atoms with Gasteiger partial charge in [0.15, 0.2) is 12.0 Å². The summed E-state index contributed by atoms with van der Waals surface area (Å²) >= 11 is 0. The van der Waals surface area contributed by atoms with E-state index in [4.69, 9.17) is 4.74 Å². The van der Waals surface area contributed by atoms with Crippen LogP contribution in [0.5, 0.6) is 0 Å². The van der Waals surface area contributed by atoms with Gasteiger partial charge < -0.3 is 9.64 Å². The van der Waals surface area contributed by atoms with Crippen LogP contribution in [-0.2, 0) is 16.1 Å². The molecule has 0 aliphatic rings. The van der Waals surface area contributed by atoms with Crippen molar-refractivity contribution < 1.29 is 13.9 Å². The number of aryl methyl sites for hydroxylation is 1. The van der Waals surface area contributed by atoms with Crippen LogP contribution >= 0.6 is 0 Å². The zero-order chi connectivity index (χ0) is 13.5. The highest BCUT2D eigenvalue weighted by molar-refractivity contribution is 5.69. The van der Waals surface area contributed by atoms with Gasteiger partial charge in [0.2, 0.25) is 0 Å². The van der Waals surface area contributed by atoms with Gasteiger partial charge in [-0.25, -0.2) is 4.39 Å². The first-order valence-corrected chi connectivity index (χ1v) is 5.80. The molecule has 0 aromatic heterocycles. The van der Waals surface area contributed by atoms with Gasteiger partial charge in [0, 0.05) is 19.3 Å². The van der Waals surface area contributed by atoms with E-state index in [0.717, 1.165) is 12.1 Å². The number of nitrogens with zero attached hydrogens (tertiary/aromatic N) is 1. The highest BCUT2D eigenvalue weighted by Crippen LogP contribution is 2.12. The lowest BCUT2D eigenvalue weighted by Gasteiger charge is -2.19. The van der Waals surface area contributed by atoms with Gasteiger partial charge in [0.25, 0.3) is 0 Å². The van der Waals surface area contributed by atoms with Crippen LogP contribution in [0.1, 0.15) is 18.1 Å². The molecule has 0 bridgehead atoms. The van der Waals surface area contributed by atoms with Gasteiger partial charge in [-0.1, -0.05) is 12.1 Å². The SMILES string of the molecule is CCN(/C=C(\C=O)OC)Cc1ccc(F)c(C)c1. The fraction of sp³-hybridized carbons (Fsp3) is 0.357. The van der Waals surface area contributed by atoms with Crippen molar-refractivity contribution >= 4 is 6.29 Å². The Morgan fingerprint density at radius 3 is 2.72 bits per heavy atom. The van der Waals surface area contributed by atoms with Gasteiger partial charge in [-0.2, -0.15) is 0 Å². The Balaban J connectivity index is 2.82. The van der Waals surface area contributed by atoms with Crippen LogP contribution < -0.4 is 0 Å². The number of carbonyl (C=O) groups is 1. The van der Waals surface area contributed by atoms with Crippen molar-refractivity contribution in [3.8, 4) is 0 Å². The number of aldehydes is 1. The summed E-state index contributed by atoms with van der Waals surface area (Å²) in [6.07, 6.45) is 2.32. The van der Waals surface area contributed by atoms with Crippen molar-refractivity contribution in [1.29, 1.82) is 0 Å². The maximum absolute atomic E-state index is 13.1. The van der Waals surface area contributed by atoms with Crippen LogP contribution in [0.25, 0.3) is 0 Å². The van der Waals surface area contributed by atoms with Gasteiger partial charge in [0.05, 0.1) is 7.11 Å². The van der Waals surface area contributed by atoms with E-state index in [9.17, 15) is 9.18 Å². The monoisotopic (exact) mass is 251 g/mol. The van der Waals surface area contributed by atoms with Gasteiger partial charge in [-0.3, -0.25) is 4.79 Å². The Bertz CT molecular complexity index is 443. The lowest BCUT2D eigenvalue weighted by atomic mass is 10.1. The van der Waals surface area contributed by atoms with Gasteiger partial charge in [-0.15, -0.1) is 0 Å². The van der Waals surface area contributed by atoms with E-state index in [1.165, 1.54) is 13.2 Å². The van der Waals surface area contributed by atoms with E-state index < -0.39 is 0 Å². The minimum atomic E-state index is -0.206. The van der Waals surface area contributed by atoms with Crippen molar-refractivity contribution in [2.45, 2.75) is 20.4 Å². The third-order valence-corrected chi connectivity index (χ3v) is 2.68. The number of carbonyl (C=O) groups excluding carboxylic acids is 1. The number of methoxy groups -OCH3 is 1. The largest absolute Gasteiger partial charge is 0.492 e. The lowest BCUT2D eigenvalue weighted by molar-refractivity contribution is -0.107. The molecule has 0 unspecified atom stereocenters. The third kappa shape index (κ3) is 3.87. The molecule has 0 heterocycles. The number of rotatable bonds is 6. The summed E-state index contributed by atoms with van der Waals surface area (Å²) in [6.45, 7) is 5.05. The van der Waals surface area contributed by atoms with Crippen LogP contribution in [0.15, 0.2) is 30.2 Å². The van der Waals surface area contributed by atoms with Crippen LogP contribution in [0.2, 0.25) is 0 Å². The van der Waals surface area contributed by atoms with E-state index in [2.05, 4.69) is 0 Å². The van der Waals surface area contributed by atoms with Gasteiger partial charge in [0.1, 0.15) is 5.82 Å². The predicted molar refractivity (Wildman–Crippen MR) is 68.4 cm³/mol. The van der Waals surface area contributed by atoms with Crippen molar-refractivity contribution in [2.75, 3.05) is 13.7 Å². The molecule has 3 nitrogen and oxygen atoms in total. The summed E-state index contributed by atoms with van der Waals surface area (Å²) in [6, 6.07) is 5.00. The maximum atomic E-state index is 13.1. The average Bonchev–Trinajstić information content (AvgIpc) is 2.38. The first-order valence-electron chi connectivity index (χ1n) is 5.80. The van der Waals surface area contributed by atoms with Crippen LogP contribution in [0.4, 0.5) is 4.39 Å². The molecule has 0 N–H and O–H groups in total. The summed E-state index contributed by atoms with van der Waals surface area (Å²) in [5.41, 5.74) is 1.61. The smallest absolute Gasteiger partial charge is 0.186 e. The molecular formula is C14H18FNO2. The molecule has 1 aromatic carbocycles. The minimum absolute atomic E-state index is 0.206. The molecule has 0 aliphatic carbocycles. The fourth-order valence-corrected chi connectivity index (χ4v) is 1.60. The van der Waals surface area contributed by atoms with Gasteiger partial charge >= 0.3 is 0 Å². The van der Waals surface area contributed by atoms with Crippen molar-refractivity contribution in [3.63, 3.8) is 0 Å². The molecule has 98 valence electrons. The summed E-state index contributed by atoms with van der Waals surface area (Å²) in [5.74, 6) is 0.0681. The topological polar surface area (TPSA) is 29.5 Å². The highest BCUT2D eigenvalue weighted by atomic mass is 19.1. The number of halogens is 1. The number of ether oxygens (including phenoxy) is 1. The number of hydrogen-bond donors (Lipinski definition) is 0. The zero-order valence-electron chi connectivity index (χ0n) is 10.9.